The summed E-state index contributed by atoms with van der Waals surface area (Å²) in [5.74, 6) is -0.238. The molecule has 1 nitrogen and oxygen atoms in total. The van der Waals surface area contributed by atoms with Gasteiger partial charge in [-0.25, -0.2) is 4.39 Å². The number of nitrogens with one attached hydrogen (secondary N) is 1. The minimum Gasteiger partial charge on any atom is -0.377 e. The molecule has 0 aliphatic carbocycles. The van der Waals surface area contributed by atoms with E-state index in [9.17, 15) is 4.39 Å². The second kappa shape index (κ2) is 6.96. The van der Waals surface area contributed by atoms with E-state index in [4.69, 9.17) is 23.2 Å². The van der Waals surface area contributed by atoms with Crippen LogP contribution in [0.15, 0.2) is 36.4 Å². The number of benzene rings is 2. The Labute approximate surface area is 141 Å². The zero-order valence-electron chi connectivity index (χ0n) is 10.8. The van der Waals surface area contributed by atoms with E-state index in [-0.39, 0.29) is 11.9 Å². The molecule has 106 valence electrons. The van der Waals surface area contributed by atoms with Crippen LogP contribution in [0.3, 0.4) is 0 Å². The van der Waals surface area contributed by atoms with Crippen molar-refractivity contribution in [1.29, 1.82) is 0 Å². The monoisotopic (exact) mass is 423 g/mol. The van der Waals surface area contributed by atoms with Gasteiger partial charge >= 0.3 is 0 Å². The third-order valence-corrected chi connectivity index (χ3v) is 4.46. The average molecular weight is 424 g/mol. The molecule has 0 aliphatic rings. The van der Waals surface area contributed by atoms with Crippen molar-refractivity contribution in [2.24, 2.45) is 0 Å². The molecule has 5 heteroatoms. The average Bonchev–Trinajstić information content (AvgIpc) is 2.39. The van der Waals surface area contributed by atoms with E-state index < -0.39 is 0 Å². The Balaban J connectivity index is 2.28. The van der Waals surface area contributed by atoms with Crippen LogP contribution < -0.4 is 5.32 Å². The van der Waals surface area contributed by atoms with Gasteiger partial charge in [0, 0.05) is 19.3 Å². The van der Waals surface area contributed by atoms with Crippen LogP contribution >= 0.6 is 45.8 Å². The van der Waals surface area contributed by atoms with Crippen molar-refractivity contribution in [3.05, 3.63) is 61.4 Å². The van der Waals surface area contributed by atoms with Gasteiger partial charge in [-0.15, -0.1) is 0 Å². The van der Waals surface area contributed by atoms with Crippen LogP contribution in [0.2, 0.25) is 10.0 Å². The zero-order valence-corrected chi connectivity index (χ0v) is 14.4. The highest BCUT2D eigenvalue weighted by molar-refractivity contribution is 14.1. The van der Waals surface area contributed by atoms with E-state index in [0.717, 1.165) is 21.2 Å². The molecule has 0 bridgehead atoms. The van der Waals surface area contributed by atoms with Gasteiger partial charge in [-0.1, -0.05) is 36.2 Å². The predicted octanol–water partition coefficient (Wildman–Crippen LogP) is 6.30. The van der Waals surface area contributed by atoms with E-state index in [1.165, 1.54) is 12.1 Å². The van der Waals surface area contributed by atoms with Gasteiger partial charge in [-0.2, -0.15) is 0 Å². The first-order valence-corrected chi connectivity index (χ1v) is 8.01. The Morgan fingerprint density at radius 3 is 2.55 bits per heavy atom. The van der Waals surface area contributed by atoms with E-state index in [0.29, 0.717) is 10.0 Å². The highest BCUT2D eigenvalue weighted by Crippen LogP contribution is 2.32. The van der Waals surface area contributed by atoms with Crippen molar-refractivity contribution in [3.8, 4) is 0 Å². The molecule has 2 aromatic rings. The molecule has 0 fully saturated rings. The van der Waals surface area contributed by atoms with E-state index >= 15 is 0 Å². The molecular weight excluding hydrogens is 411 g/mol. The fourth-order valence-electron chi connectivity index (χ4n) is 1.98. The topological polar surface area (TPSA) is 12.0 Å². The number of halogens is 4. The zero-order chi connectivity index (χ0) is 14.7. The van der Waals surface area contributed by atoms with Crippen molar-refractivity contribution < 1.29 is 4.39 Å². The fourth-order valence-corrected chi connectivity index (χ4v) is 3.15. The Morgan fingerprint density at radius 2 is 1.95 bits per heavy atom. The highest BCUT2D eigenvalue weighted by Gasteiger charge is 2.14. The molecule has 0 heterocycles. The first kappa shape index (κ1) is 15.9. The van der Waals surface area contributed by atoms with Crippen LogP contribution in [0.25, 0.3) is 0 Å². The van der Waals surface area contributed by atoms with Gasteiger partial charge in [0.2, 0.25) is 0 Å². The minimum absolute atomic E-state index is 0.0544. The lowest BCUT2D eigenvalue weighted by Crippen LogP contribution is -2.11. The van der Waals surface area contributed by atoms with Crippen LogP contribution in [0.4, 0.5) is 10.1 Å². The molecule has 0 saturated heterocycles. The summed E-state index contributed by atoms with van der Waals surface area (Å²) >= 11 is 14.3. The molecule has 0 saturated carbocycles. The molecule has 2 aromatic carbocycles. The summed E-state index contributed by atoms with van der Waals surface area (Å²) < 4.78 is 14.0. The normalized spacial score (nSPS) is 12.2. The van der Waals surface area contributed by atoms with E-state index in [2.05, 4.69) is 34.8 Å². The van der Waals surface area contributed by atoms with Gasteiger partial charge in [0.1, 0.15) is 5.82 Å². The summed E-state index contributed by atoms with van der Waals surface area (Å²) in [5, 5.41) is 4.65. The Kier molecular flexibility index (Phi) is 5.52. The van der Waals surface area contributed by atoms with Crippen LogP contribution in [0, 0.1) is 9.39 Å². The van der Waals surface area contributed by atoms with Crippen LogP contribution in [0.5, 0.6) is 0 Å². The van der Waals surface area contributed by atoms with Crippen molar-refractivity contribution in [2.75, 3.05) is 5.32 Å². The number of anilines is 1. The largest absolute Gasteiger partial charge is 0.377 e. The lowest BCUT2D eigenvalue weighted by molar-refractivity contribution is 0.626. The van der Waals surface area contributed by atoms with Gasteiger partial charge in [0.15, 0.2) is 0 Å². The maximum atomic E-state index is 13.1. The van der Waals surface area contributed by atoms with E-state index in [1.54, 1.807) is 12.1 Å². The fraction of sp³-hybridized carbons (Fsp3) is 0.200. The maximum absolute atomic E-state index is 13.1. The predicted molar refractivity (Wildman–Crippen MR) is 92.2 cm³/mol. The van der Waals surface area contributed by atoms with Crippen molar-refractivity contribution in [1.82, 2.24) is 0 Å². The molecule has 0 radical (unpaired) electrons. The molecular formula is C15H13Cl2FIN. The van der Waals surface area contributed by atoms with Crippen molar-refractivity contribution in [2.45, 2.75) is 19.4 Å². The lowest BCUT2D eigenvalue weighted by atomic mass is 10.0. The van der Waals surface area contributed by atoms with Crippen LogP contribution in [-0.2, 0) is 0 Å². The quantitative estimate of drug-likeness (QED) is 0.569. The third kappa shape index (κ3) is 3.77. The van der Waals surface area contributed by atoms with Gasteiger partial charge in [-0.05, 0) is 64.9 Å². The maximum Gasteiger partial charge on any atom is 0.124 e. The molecule has 0 aromatic heterocycles. The van der Waals surface area contributed by atoms with Gasteiger partial charge < -0.3 is 5.32 Å². The van der Waals surface area contributed by atoms with Crippen molar-refractivity contribution in [3.63, 3.8) is 0 Å². The Bertz CT molecular complexity index is 619. The second-order valence-electron chi connectivity index (χ2n) is 4.40. The summed E-state index contributed by atoms with van der Waals surface area (Å²) in [6.45, 7) is 2.07. The van der Waals surface area contributed by atoms with Gasteiger partial charge in [-0.3, -0.25) is 0 Å². The smallest absolute Gasteiger partial charge is 0.124 e. The molecule has 1 N–H and O–H groups in total. The van der Waals surface area contributed by atoms with Gasteiger partial charge in [0.05, 0.1) is 6.04 Å². The first-order valence-electron chi connectivity index (χ1n) is 6.17. The summed E-state index contributed by atoms with van der Waals surface area (Å²) in [6, 6.07) is 10.2. The molecule has 20 heavy (non-hydrogen) atoms. The molecule has 0 aliphatic heterocycles. The molecule has 1 unspecified atom stereocenters. The standard InChI is InChI=1S/C15H13Cl2FIN/c1-2-14(11-5-3-9(16)7-12(11)17)20-15-6-4-10(18)8-13(15)19/h3-8,14,20H,2H2,1H3. The SMILES string of the molecule is CCC(Nc1ccc(F)cc1I)c1ccc(Cl)cc1Cl. The van der Waals surface area contributed by atoms with Crippen molar-refractivity contribution >= 4 is 51.5 Å². The minimum atomic E-state index is -0.238. The number of hydrogen-bond donors (Lipinski definition) is 1. The summed E-state index contributed by atoms with van der Waals surface area (Å²) in [4.78, 5) is 0. The molecule has 2 rings (SSSR count). The third-order valence-electron chi connectivity index (χ3n) is 3.01. The highest BCUT2D eigenvalue weighted by atomic mass is 127. The molecule has 1 atom stereocenters. The van der Waals surface area contributed by atoms with Crippen LogP contribution in [-0.4, -0.2) is 0 Å². The summed E-state index contributed by atoms with van der Waals surface area (Å²) in [6.07, 6.45) is 0.856. The number of hydrogen-bond acceptors (Lipinski definition) is 1. The van der Waals surface area contributed by atoms with Crippen LogP contribution in [0.1, 0.15) is 24.9 Å². The Morgan fingerprint density at radius 1 is 1.20 bits per heavy atom. The van der Waals surface area contributed by atoms with Gasteiger partial charge in [0.25, 0.3) is 0 Å². The summed E-state index contributed by atoms with van der Waals surface area (Å²) in [7, 11) is 0. The molecule has 0 spiro atoms. The summed E-state index contributed by atoms with van der Waals surface area (Å²) in [5.41, 5.74) is 1.88. The van der Waals surface area contributed by atoms with E-state index in [1.807, 2.05) is 12.1 Å². The molecule has 0 amide bonds. The first-order chi connectivity index (χ1) is 9.51. The Hall–Kier alpha value is -0.520. The second-order valence-corrected chi connectivity index (χ2v) is 6.40. The number of rotatable bonds is 4. The lowest BCUT2D eigenvalue weighted by Gasteiger charge is -2.21.